The molecule has 6 heteroatoms. The van der Waals surface area contributed by atoms with Crippen LogP contribution in [0.2, 0.25) is 0 Å². The molecule has 0 saturated carbocycles. The van der Waals surface area contributed by atoms with E-state index in [-0.39, 0.29) is 0 Å². The summed E-state index contributed by atoms with van der Waals surface area (Å²) in [5.41, 5.74) is 1.81. The quantitative estimate of drug-likeness (QED) is 0.740. The van der Waals surface area contributed by atoms with Gasteiger partial charge in [0.2, 0.25) is 0 Å². The van der Waals surface area contributed by atoms with E-state index in [2.05, 4.69) is 5.32 Å². The molecule has 0 aliphatic heterocycles. The third-order valence-electron chi connectivity index (χ3n) is 3.60. The van der Waals surface area contributed by atoms with E-state index in [0.717, 1.165) is 11.1 Å². The number of nitrogens with one attached hydrogen (secondary N) is 1. The van der Waals surface area contributed by atoms with Gasteiger partial charge in [-0.1, -0.05) is 48.5 Å². The number of hydrogen-bond acceptors (Lipinski definition) is 5. The Balaban J connectivity index is 2.34. The van der Waals surface area contributed by atoms with E-state index in [1.54, 1.807) is 7.11 Å². The molecule has 0 aromatic heterocycles. The van der Waals surface area contributed by atoms with Crippen molar-refractivity contribution in [3.05, 3.63) is 65.7 Å². The van der Waals surface area contributed by atoms with Crippen LogP contribution in [0.5, 0.6) is 5.75 Å². The molecule has 0 radical (unpaired) electrons. The molecular weight excluding hydrogens is 313 g/mol. The maximum Gasteiger partial charge on any atom is 0.351 e. The molecule has 1 unspecified atom stereocenters. The van der Waals surface area contributed by atoms with Crippen molar-refractivity contribution in [2.75, 3.05) is 21.3 Å². The largest absolute Gasteiger partial charge is 0.496 e. The lowest BCUT2D eigenvalue weighted by Crippen LogP contribution is -2.23. The van der Waals surface area contributed by atoms with E-state index in [0.29, 0.717) is 12.3 Å². The molecule has 0 saturated heterocycles. The average molecular weight is 335 g/mol. The predicted molar refractivity (Wildman–Crippen MR) is 90.6 cm³/mol. The normalized spacial score (nSPS) is 12.8. The third kappa shape index (κ3) is 4.21. The monoisotopic (exact) mass is 335 g/mol. The highest BCUT2D eigenvalue weighted by molar-refractivity contribution is 7.54. The first-order valence-electron chi connectivity index (χ1n) is 7.26. The van der Waals surface area contributed by atoms with Crippen LogP contribution in [-0.4, -0.2) is 21.3 Å². The molecule has 0 aliphatic rings. The minimum absolute atomic E-state index is 0.528. The van der Waals surface area contributed by atoms with Gasteiger partial charge < -0.3 is 13.8 Å². The van der Waals surface area contributed by atoms with Crippen LogP contribution in [0.1, 0.15) is 16.9 Å². The lowest BCUT2D eigenvalue weighted by molar-refractivity contribution is 0.258. The second kappa shape index (κ2) is 8.27. The number of methoxy groups -OCH3 is 1. The van der Waals surface area contributed by atoms with Crippen LogP contribution >= 0.6 is 7.60 Å². The Kier molecular flexibility index (Phi) is 6.37. The predicted octanol–water partition coefficient (Wildman–Crippen LogP) is 3.97. The van der Waals surface area contributed by atoms with Crippen molar-refractivity contribution in [2.45, 2.75) is 12.3 Å². The van der Waals surface area contributed by atoms with Crippen LogP contribution < -0.4 is 10.1 Å². The van der Waals surface area contributed by atoms with Crippen LogP contribution in [-0.2, 0) is 20.2 Å². The number of rotatable bonds is 8. The SMILES string of the molecule is COc1ccccc1C(NCc1ccccc1)P(=O)(OC)OC. The van der Waals surface area contributed by atoms with Crippen LogP contribution in [0, 0.1) is 0 Å². The van der Waals surface area contributed by atoms with Crippen molar-refractivity contribution < 1.29 is 18.3 Å². The molecule has 0 bridgehead atoms. The molecule has 23 heavy (non-hydrogen) atoms. The summed E-state index contributed by atoms with van der Waals surface area (Å²) in [6.45, 7) is 0.528. The molecule has 2 aromatic carbocycles. The Bertz CT molecular complexity index is 655. The minimum Gasteiger partial charge on any atom is -0.496 e. The van der Waals surface area contributed by atoms with Gasteiger partial charge in [-0.2, -0.15) is 0 Å². The minimum atomic E-state index is -3.38. The molecule has 2 rings (SSSR count). The van der Waals surface area contributed by atoms with E-state index in [1.807, 2.05) is 54.6 Å². The van der Waals surface area contributed by atoms with Crippen molar-refractivity contribution in [1.29, 1.82) is 0 Å². The Morgan fingerprint density at radius 3 is 2.17 bits per heavy atom. The van der Waals surface area contributed by atoms with Gasteiger partial charge in [0.25, 0.3) is 0 Å². The van der Waals surface area contributed by atoms with Gasteiger partial charge in [-0.05, 0) is 11.6 Å². The topological polar surface area (TPSA) is 56.8 Å². The van der Waals surface area contributed by atoms with Gasteiger partial charge in [0.05, 0.1) is 7.11 Å². The summed E-state index contributed by atoms with van der Waals surface area (Å²) >= 11 is 0. The summed E-state index contributed by atoms with van der Waals surface area (Å²) in [7, 11) is 0.971. The zero-order valence-electron chi connectivity index (χ0n) is 13.6. The molecule has 2 aromatic rings. The van der Waals surface area contributed by atoms with Crippen LogP contribution in [0.3, 0.4) is 0 Å². The molecule has 0 aliphatic carbocycles. The van der Waals surface area contributed by atoms with Crippen LogP contribution in [0.4, 0.5) is 0 Å². The van der Waals surface area contributed by atoms with E-state index in [9.17, 15) is 4.57 Å². The number of benzene rings is 2. The Morgan fingerprint density at radius 2 is 1.57 bits per heavy atom. The summed E-state index contributed by atoms with van der Waals surface area (Å²) in [5.74, 6) is 0.00115. The molecule has 0 spiro atoms. The van der Waals surface area contributed by atoms with E-state index in [1.165, 1.54) is 14.2 Å². The number of ether oxygens (including phenoxy) is 1. The highest BCUT2D eigenvalue weighted by Crippen LogP contribution is 2.59. The molecule has 0 fully saturated rings. The lowest BCUT2D eigenvalue weighted by Gasteiger charge is -2.27. The summed E-state index contributed by atoms with van der Waals surface area (Å²) in [5, 5.41) is 3.28. The smallest absolute Gasteiger partial charge is 0.351 e. The number of para-hydroxylation sites is 1. The third-order valence-corrected chi connectivity index (χ3v) is 5.71. The Morgan fingerprint density at radius 1 is 0.957 bits per heavy atom. The molecular formula is C17H22NO4P. The summed E-state index contributed by atoms with van der Waals surface area (Å²) < 4.78 is 28.8. The fourth-order valence-electron chi connectivity index (χ4n) is 2.38. The second-order valence-corrected chi connectivity index (χ2v) is 7.24. The molecule has 0 amide bonds. The highest BCUT2D eigenvalue weighted by Gasteiger charge is 2.36. The fraction of sp³-hybridized carbons (Fsp3) is 0.294. The average Bonchev–Trinajstić information content (AvgIpc) is 2.62. The van der Waals surface area contributed by atoms with Crippen molar-refractivity contribution in [1.82, 2.24) is 5.32 Å². The van der Waals surface area contributed by atoms with E-state index < -0.39 is 13.4 Å². The van der Waals surface area contributed by atoms with Gasteiger partial charge in [0.15, 0.2) is 0 Å². The van der Waals surface area contributed by atoms with Crippen LogP contribution in [0.25, 0.3) is 0 Å². The lowest BCUT2D eigenvalue weighted by atomic mass is 10.2. The molecule has 0 heterocycles. The standard InChI is InChI=1S/C17H22NO4P/c1-20-16-12-8-7-11-15(16)17(23(19,21-2)22-3)18-13-14-9-5-4-6-10-14/h4-12,17-18H,13H2,1-3H3. The first-order valence-corrected chi connectivity index (χ1v) is 8.87. The van der Waals surface area contributed by atoms with Gasteiger partial charge in [0, 0.05) is 26.3 Å². The second-order valence-electron chi connectivity index (χ2n) is 4.92. The Hall–Kier alpha value is -1.65. The Labute approximate surface area is 137 Å². The number of hydrogen-bond donors (Lipinski definition) is 1. The molecule has 124 valence electrons. The van der Waals surface area contributed by atoms with Crippen LogP contribution in [0.15, 0.2) is 54.6 Å². The van der Waals surface area contributed by atoms with Crippen molar-refractivity contribution in [3.63, 3.8) is 0 Å². The zero-order valence-corrected chi connectivity index (χ0v) is 14.5. The van der Waals surface area contributed by atoms with Gasteiger partial charge in [0.1, 0.15) is 11.5 Å². The molecule has 1 N–H and O–H groups in total. The fourth-order valence-corrected chi connectivity index (χ4v) is 3.82. The van der Waals surface area contributed by atoms with Gasteiger partial charge in [-0.15, -0.1) is 0 Å². The molecule has 5 nitrogen and oxygen atoms in total. The summed E-state index contributed by atoms with van der Waals surface area (Å²) in [6, 6.07) is 17.3. The van der Waals surface area contributed by atoms with E-state index >= 15 is 0 Å². The van der Waals surface area contributed by atoms with Crippen molar-refractivity contribution in [2.24, 2.45) is 0 Å². The van der Waals surface area contributed by atoms with Crippen molar-refractivity contribution in [3.8, 4) is 5.75 Å². The first-order chi connectivity index (χ1) is 11.1. The summed E-state index contributed by atoms with van der Waals surface area (Å²) in [4.78, 5) is 0. The maximum absolute atomic E-state index is 13.0. The molecule has 1 atom stereocenters. The zero-order chi connectivity index (χ0) is 16.7. The van der Waals surface area contributed by atoms with Gasteiger partial charge in [-0.25, -0.2) is 0 Å². The van der Waals surface area contributed by atoms with E-state index in [4.69, 9.17) is 13.8 Å². The van der Waals surface area contributed by atoms with Crippen molar-refractivity contribution >= 4 is 7.60 Å². The summed E-state index contributed by atoms with van der Waals surface area (Å²) in [6.07, 6.45) is 0. The highest BCUT2D eigenvalue weighted by atomic mass is 31.2. The maximum atomic E-state index is 13.0. The van der Waals surface area contributed by atoms with Gasteiger partial charge >= 0.3 is 7.60 Å². The first kappa shape index (κ1) is 17.7. The van der Waals surface area contributed by atoms with Gasteiger partial charge in [-0.3, -0.25) is 9.88 Å².